The molecule has 2 rings (SSSR count). The summed E-state index contributed by atoms with van der Waals surface area (Å²) in [5, 5.41) is 8.83. The van der Waals surface area contributed by atoms with E-state index in [0.717, 1.165) is 0 Å². The van der Waals surface area contributed by atoms with E-state index in [1.165, 1.54) is 18.7 Å². The minimum absolute atomic E-state index is 0.00755. The molecule has 0 saturated carbocycles. The van der Waals surface area contributed by atoms with Crippen LogP contribution in [-0.2, 0) is 14.3 Å². The lowest BCUT2D eigenvalue weighted by Gasteiger charge is -2.37. The zero-order valence-electron chi connectivity index (χ0n) is 11.8. The first kappa shape index (κ1) is 16.1. The number of hydrogen-bond acceptors (Lipinski definition) is 3. The maximum Gasteiger partial charge on any atom is 0.394 e. The molecule has 2 fully saturated rings. The topological polar surface area (TPSA) is 66.8 Å². The average Bonchev–Trinajstić information content (AvgIpc) is 2.90. The van der Waals surface area contributed by atoms with Gasteiger partial charge in [-0.05, 0) is 33.1 Å². The fourth-order valence-corrected chi connectivity index (χ4v) is 3.22. The Balaban J connectivity index is 2.09. The molecule has 3 atom stereocenters. The summed E-state index contributed by atoms with van der Waals surface area (Å²) >= 11 is 0. The van der Waals surface area contributed by atoms with Gasteiger partial charge in [0.1, 0.15) is 6.10 Å². The molecule has 0 spiro atoms. The van der Waals surface area contributed by atoms with E-state index in [1.54, 1.807) is 0 Å². The maximum absolute atomic E-state index is 13.0. The summed E-state index contributed by atoms with van der Waals surface area (Å²) in [7, 11) is 0. The van der Waals surface area contributed by atoms with Gasteiger partial charge >= 0.3 is 12.1 Å². The molecule has 0 aliphatic carbocycles. The molecule has 2 aliphatic heterocycles. The molecule has 1 amide bonds. The molecule has 5 nitrogen and oxygen atoms in total. The number of amides is 1. The Bertz CT molecular complexity index is 449. The smallest absolute Gasteiger partial charge is 0.394 e. The van der Waals surface area contributed by atoms with Crippen LogP contribution in [0.5, 0.6) is 0 Å². The number of hydrogen-bond donors (Lipinski definition) is 1. The van der Waals surface area contributed by atoms with Gasteiger partial charge in [-0.1, -0.05) is 0 Å². The van der Waals surface area contributed by atoms with E-state index in [2.05, 4.69) is 0 Å². The van der Waals surface area contributed by atoms with Gasteiger partial charge in [-0.3, -0.25) is 4.79 Å². The lowest BCUT2D eigenvalue weighted by Crippen LogP contribution is -2.52. The number of likely N-dealkylation sites (tertiary alicyclic amines) is 1. The molecule has 0 aromatic rings. The third-order valence-corrected chi connectivity index (χ3v) is 4.42. The van der Waals surface area contributed by atoms with E-state index in [9.17, 15) is 22.8 Å². The number of carbonyl (C=O) groups excluding carboxylic acids is 1. The van der Waals surface area contributed by atoms with Gasteiger partial charge in [0.15, 0.2) is 6.10 Å². The molecule has 2 aliphatic rings. The van der Waals surface area contributed by atoms with Crippen molar-refractivity contribution < 1.29 is 32.6 Å². The summed E-state index contributed by atoms with van der Waals surface area (Å²) in [4.78, 5) is 24.3. The summed E-state index contributed by atoms with van der Waals surface area (Å²) in [6, 6.07) is 0. The summed E-state index contributed by atoms with van der Waals surface area (Å²) in [5.41, 5.74) is -1.35. The SMILES string of the molecule is CC1(C)C(C(F)(F)F)CCN1C(=O)[C@@H]1CC[C@H](C(=O)O)O1. The predicted octanol–water partition coefficient (Wildman–Crippen LogP) is 1.81. The van der Waals surface area contributed by atoms with Crippen LogP contribution >= 0.6 is 0 Å². The van der Waals surface area contributed by atoms with Crippen molar-refractivity contribution in [2.75, 3.05) is 6.54 Å². The summed E-state index contributed by atoms with van der Waals surface area (Å²) in [5.74, 6) is -3.28. The van der Waals surface area contributed by atoms with E-state index < -0.39 is 41.7 Å². The maximum atomic E-state index is 13.0. The fourth-order valence-electron chi connectivity index (χ4n) is 3.22. The number of carboxylic acids is 1. The first-order valence-electron chi connectivity index (χ1n) is 6.81. The first-order chi connectivity index (χ1) is 9.55. The van der Waals surface area contributed by atoms with Gasteiger partial charge in [-0.15, -0.1) is 0 Å². The molecule has 0 aromatic carbocycles. The zero-order valence-corrected chi connectivity index (χ0v) is 11.8. The Morgan fingerprint density at radius 1 is 1.19 bits per heavy atom. The lowest BCUT2D eigenvalue weighted by atomic mass is 9.87. The van der Waals surface area contributed by atoms with Crippen LogP contribution < -0.4 is 0 Å². The fraction of sp³-hybridized carbons (Fsp3) is 0.846. The molecule has 21 heavy (non-hydrogen) atoms. The number of aliphatic carboxylic acids is 1. The van der Waals surface area contributed by atoms with Crippen LogP contribution in [0.1, 0.15) is 33.1 Å². The van der Waals surface area contributed by atoms with Crippen LogP contribution in [0, 0.1) is 5.92 Å². The molecular weight excluding hydrogens is 291 g/mol. The third kappa shape index (κ3) is 2.86. The number of halogens is 3. The molecule has 0 radical (unpaired) electrons. The number of rotatable bonds is 2. The Kier molecular flexibility index (Phi) is 3.94. The van der Waals surface area contributed by atoms with E-state index in [4.69, 9.17) is 9.84 Å². The highest BCUT2D eigenvalue weighted by atomic mass is 19.4. The summed E-state index contributed by atoms with van der Waals surface area (Å²) in [6.45, 7) is 2.78. The molecule has 8 heteroatoms. The Hall–Kier alpha value is -1.31. The van der Waals surface area contributed by atoms with Crippen LogP contribution in [0.25, 0.3) is 0 Å². The highest BCUT2D eigenvalue weighted by molar-refractivity contribution is 5.83. The van der Waals surface area contributed by atoms with Crippen molar-refractivity contribution in [2.45, 2.75) is 57.0 Å². The molecule has 2 saturated heterocycles. The molecular formula is C13H18F3NO4. The average molecular weight is 309 g/mol. The van der Waals surface area contributed by atoms with Gasteiger partial charge in [0.05, 0.1) is 5.92 Å². The van der Waals surface area contributed by atoms with Gasteiger partial charge in [0, 0.05) is 12.1 Å². The standard InChI is InChI=1S/C13H18F3NO4/c1-12(2)9(13(14,15)16)5-6-17(12)10(18)7-3-4-8(21-7)11(19)20/h7-9H,3-6H2,1-2H3,(H,19,20)/t7-,8+,9?/m0/s1. The van der Waals surface area contributed by atoms with Gasteiger partial charge in [-0.2, -0.15) is 13.2 Å². The van der Waals surface area contributed by atoms with Crippen molar-refractivity contribution in [2.24, 2.45) is 5.92 Å². The number of nitrogens with zero attached hydrogens (tertiary/aromatic N) is 1. The lowest BCUT2D eigenvalue weighted by molar-refractivity contribution is -0.193. The van der Waals surface area contributed by atoms with Crippen molar-refractivity contribution >= 4 is 11.9 Å². The van der Waals surface area contributed by atoms with Crippen molar-refractivity contribution in [3.8, 4) is 0 Å². The molecule has 1 N–H and O–H groups in total. The van der Waals surface area contributed by atoms with Crippen LogP contribution in [-0.4, -0.2) is 52.4 Å². The van der Waals surface area contributed by atoms with E-state index in [0.29, 0.717) is 0 Å². The first-order valence-corrected chi connectivity index (χ1v) is 6.81. The van der Waals surface area contributed by atoms with E-state index in [1.807, 2.05) is 0 Å². The normalized spacial score (nSPS) is 32.4. The second-order valence-corrected chi connectivity index (χ2v) is 6.06. The zero-order chi connectivity index (χ0) is 16.0. The largest absolute Gasteiger partial charge is 0.479 e. The van der Waals surface area contributed by atoms with E-state index in [-0.39, 0.29) is 25.8 Å². The highest BCUT2D eigenvalue weighted by Gasteiger charge is 2.57. The number of alkyl halides is 3. The third-order valence-electron chi connectivity index (χ3n) is 4.42. The van der Waals surface area contributed by atoms with Crippen molar-refractivity contribution in [3.63, 3.8) is 0 Å². The molecule has 2 heterocycles. The van der Waals surface area contributed by atoms with Gasteiger partial charge in [0.25, 0.3) is 5.91 Å². The summed E-state index contributed by atoms with van der Waals surface area (Å²) in [6.07, 6.45) is -6.10. The Morgan fingerprint density at radius 3 is 2.19 bits per heavy atom. The quantitative estimate of drug-likeness (QED) is 0.845. The molecule has 0 bridgehead atoms. The molecule has 0 aromatic heterocycles. The minimum atomic E-state index is -4.36. The van der Waals surface area contributed by atoms with Crippen molar-refractivity contribution in [3.05, 3.63) is 0 Å². The number of ether oxygens (including phenoxy) is 1. The molecule has 1 unspecified atom stereocenters. The second-order valence-electron chi connectivity index (χ2n) is 6.06. The Labute approximate surface area is 120 Å². The monoisotopic (exact) mass is 309 g/mol. The van der Waals surface area contributed by atoms with Crippen LogP contribution in [0.2, 0.25) is 0 Å². The van der Waals surface area contributed by atoms with Gasteiger partial charge < -0.3 is 14.7 Å². The number of carboxylic acid groups (broad SMARTS) is 1. The van der Waals surface area contributed by atoms with Crippen molar-refractivity contribution in [1.82, 2.24) is 4.90 Å². The van der Waals surface area contributed by atoms with Gasteiger partial charge in [0.2, 0.25) is 0 Å². The Morgan fingerprint density at radius 2 is 1.76 bits per heavy atom. The van der Waals surface area contributed by atoms with Crippen LogP contribution in [0.4, 0.5) is 13.2 Å². The number of carbonyl (C=O) groups is 2. The van der Waals surface area contributed by atoms with Gasteiger partial charge in [-0.25, -0.2) is 4.79 Å². The highest BCUT2D eigenvalue weighted by Crippen LogP contribution is 2.45. The molecule has 120 valence electrons. The predicted molar refractivity (Wildman–Crippen MR) is 65.5 cm³/mol. The second kappa shape index (κ2) is 5.15. The summed E-state index contributed by atoms with van der Waals surface area (Å²) < 4.78 is 44.1. The minimum Gasteiger partial charge on any atom is -0.479 e. The van der Waals surface area contributed by atoms with Crippen molar-refractivity contribution in [1.29, 1.82) is 0 Å². The van der Waals surface area contributed by atoms with Crippen LogP contribution in [0.15, 0.2) is 0 Å². The van der Waals surface area contributed by atoms with Crippen LogP contribution in [0.3, 0.4) is 0 Å². The van der Waals surface area contributed by atoms with E-state index >= 15 is 0 Å².